The zero-order chi connectivity index (χ0) is 9.40. The van der Waals surface area contributed by atoms with Crippen LogP contribution in [0.2, 0.25) is 0 Å². The maximum absolute atomic E-state index is 5.75. The summed E-state index contributed by atoms with van der Waals surface area (Å²) in [5.41, 5.74) is 0. The minimum absolute atomic E-state index is 0.592. The number of nitrogens with zero attached hydrogens (tertiary/aromatic N) is 1. The van der Waals surface area contributed by atoms with Gasteiger partial charge >= 0.3 is 0 Å². The SMILES string of the molecule is C=C/C(=C\N=C(Cl)CCC)OC. The van der Waals surface area contributed by atoms with Crippen LogP contribution in [-0.4, -0.2) is 12.3 Å². The second-order valence-corrected chi connectivity index (χ2v) is 2.63. The molecule has 0 rings (SSSR count). The number of allylic oxidation sites excluding steroid dienone is 1. The van der Waals surface area contributed by atoms with Crippen molar-refractivity contribution in [2.24, 2.45) is 4.99 Å². The van der Waals surface area contributed by atoms with Crippen molar-refractivity contribution >= 4 is 16.8 Å². The summed E-state index contributed by atoms with van der Waals surface area (Å²) in [5, 5.41) is 0.592. The monoisotopic (exact) mass is 187 g/mol. The van der Waals surface area contributed by atoms with Gasteiger partial charge in [0.25, 0.3) is 0 Å². The number of halogens is 1. The molecular formula is C9H14ClNO. The standard InChI is InChI=1S/C9H14ClNO/c1-4-6-9(10)11-7-8(5-2)12-3/h5,7H,2,4,6H2,1,3H3/b8-7+,11-9?. The maximum atomic E-state index is 5.75. The average Bonchev–Trinajstić information content (AvgIpc) is 2.07. The highest BCUT2D eigenvalue weighted by Gasteiger charge is 1.90. The van der Waals surface area contributed by atoms with Crippen molar-refractivity contribution in [2.75, 3.05) is 7.11 Å². The topological polar surface area (TPSA) is 21.6 Å². The van der Waals surface area contributed by atoms with Gasteiger partial charge in [0, 0.05) is 6.42 Å². The molecule has 3 heteroatoms. The van der Waals surface area contributed by atoms with E-state index in [1.807, 2.05) is 6.92 Å². The average molecular weight is 188 g/mol. The lowest BCUT2D eigenvalue weighted by atomic mass is 10.4. The first-order chi connectivity index (χ1) is 5.74. The van der Waals surface area contributed by atoms with Gasteiger partial charge in [-0.25, -0.2) is 4.99 Å². The largest absolute Gasteiger partial charge is 0.495 e. The Bertz CT molecular complexity index is 197. The van der Waals surface area contributed by atoms with Crippen LogP contribution < -0.4 is 0 Å². The van der Waals surface area contributed by atoms with Crippen LogP contribution in [0.3, 0.4) is 0 Å². The third kappa shape index (κ3) is 4.97. The van der Waals surface area contributed by atoms with E-state index in [0.29, 0.717) is 10.9 Å². The van der Waals surface area contributed by atoms with Crippen LogP contribution in [0, 0.1) is 0 Å². The fraction of sp³-hybridized carbons (Fsp3) is 0.444. The second kappa shape index (κ2) is 6.92. The highest BCUT2D eigenvalue weighted by molar-refractivity contribution is 6.65. The minimum Gasteiger partial charge on any atom is -0.495 e. The quantitative estimate of drug-likeness (QED) is 0.368. The number of methoxy groups -OCH3 is 1. The van der Waals surface area contributed by atoms with Gasteiger partial charge < -0.3 is 4.74 Å². The molecule has 0 amide bonds. The minimum atomic E-state index is 0.592. The molecule has 0 spiro atoms. The molecule has 0 atom stereocenters. The predicted octanol–water partition coefficient (Wildman–Crippen LogP) is 3.10. The van der Waals surface area contributed by atoms with Gasteiger partial charge in [0.2, 0.25) is 0 Å². The van der Waals surface area contributed by atoms with E-state index in [1.165, 1.54) is 0 Å². The summed E-state index contributed by atoms with van der Waals surface area (Å²) in [4.78, 5) is 3.98. The Kier molecular flexibility index (Phi) is 6.48. The number of hydrogen-bond donors (Lipinski definition) is 0. The summed E-state index contributed by atoms with van der Waals surface area (Å²) < 4.78 is 4.91. The summed E-state index contributed by atoms with van der Waals surface area (Å²) in [6.07, 6.45) is 4.93. The van der Waals surface area contributed by atoms with Gasteiger partial charge in [0.1, 0.15) is 10.9 Å². The van der Waals surface area contributed by atoms with Crippen molar-refractivity contribution in [2.45, 2.75) is 19.8 Å². The Morgan fingerprint density at radius 1 is 1.67 bits per heavy atom. The number of aliphatic imine (C=N–C) groups is 1. The van der Waals surface area contributed by atoms with Crippen molar-refractivity contribution < 1.29 is 4.74 Å². The van der Waals surface area contributed by atoms with Crippen LogP contribution in [0.4, 0.5) is 0 Å². The second-order valence-electron chi connectivity index (χ2n) is 2.20. The Morgan fingerprint density at radius 2 is 2.33 bits per heavy atom. The zero-order valence-corrected chi connectivity index (χ0v) is 8.27. The molecule has 0 aliphatic carbocycles. The Labute approximate surface area is 78.6 Å². The van der Waals surface area contributed by atoms with E-state index in [1.54, 1.807) is 19.4 Å². The first-order valence-electron chi connectivity index (χ1n) is 3.83. The van der Waals surface area contributed by atoms with Crippen LogP contribution in [-0.2, 0) is 4.74 Å². The fourth-order valence-corrected chi connectivity index (χ4v) is 0.831. The number of ether oxygens (including phenoxy) is 1. The molecule has 68 valence electrons. The van der Waals surface area contributed by atoms with E-state index >= 15 is 0 Å². The molecule has 0 radical (unpaired) electrons. The van der Waals surface area contributed by atoms with Gasteiger partial charge in [-0.2, -0.15) is 0 Å². The molecule has 0 aliphatic heterocycles. The van der Waals surface area contributed by atoms with E-state index < -0.39 is 0 Å². The first-order valence-corrected chi connectivity index (χ1v) is 4.21. The third-order valence-corrected chi connectivity index (χ3v) is 1.51. The molecule has 0 aliphatic rings. The smallest absolute Gasteiger partial charge is 0.136 e. The van der Waals surface area contributed by atoms with Crippen LogP contribution >= 0.6 is 11.6 Å². The molecule has 0 saturated carbocycles. The Balaban J connectivity index is 4.13. The molecule has 0 heterocycles. The normalized spacial score (nSPS) is 12.9. The molecule has 0 aromatic rings. The van der Waals surface area contributed by atoms with Crippen LogP contribution in [0.5, 0.6) is 0 Å². The van der Waals surface area contributed by atoms with E-state index in [-0.39, 0.29) is 0 Å². The summed E-state index contributed by atoms with van der Waals surface area (Å²) in [6.45, 7) is 5.60. The summed E-state index contributed by atoms with van der Waals surface area (Å²) in [6, 6.07) is 0. The zero-order valence-electron chi connectivity index (χ0n) is 7.51. The molecule has 0 saturated heterocycles. The molecule has 0 bridgehead atoms. The van der Waals surface area contributed by atoms with Crippen molar-refractivity contribution in [3.63, 3.8) is 0 Å². The number of rotatable bonds is 5. The number of hydrogen-bond acceptors (Lipinski definition) is 2. The van der Waals surface area contributed by atoms with E-state index in [9.17, 15) is 0 Å². The van der Waals surface area contributed by atoms with Gasteiger partial charge in [0.15, 0.2) is 0 Å². The lowest BCUT2D eigenvalue weighted by Gasteiger charge is -1.96. The van der Waals surface area contributed by atoms with Gasteiger partial charge in [0.05, 0.1) is 13.3 Å². The Hall–Kier alpha value is -0.760. The Morgan fingerprint density at radius 3 is 2.75 bits per heavy atom. The van der Waals surface area contributed by atoms with E-state index in [0.717, 1.165) is 12.8 Å². The molecule has 12 heavy (non-hydrogen) atoms. The van der Waals surface area contributed by atoms with Crippen LogP contribution in [0.15, 0.2) is 29.6 Å². The van der Waals surface area contributed by atoms with Crippen molar-refractivity contribution in [3.8, 4) is 0 Å². The first kappa shape index (κ1) is 11.2. The molecule has 0 N–H and O–H groups in total. The summed E-state index contributed by atoms with van der Waals surface area (Å²) in [7, 11) is 1.57. The van der Waals surface area contributed by atoms with Crippen LogP contribution in [0.1, 0.15) is 19.8 Å². The molecule has 0 unspecified atom stereocenters. The van der Waals surface area contributed by atoms with Gasteiger partial charge in [-0.3, -0.25) is 0 Å². The fourth-order valence-electron chi connectivity index (χ4n) is 0.593. The summed E-state index contributed by atoms with van der Waals surface area (Å²) in [5.74, 6) is 0.615. The molecule has 0 aromatic heterocycles. The maximum Gasteiger partial charge on any atom is 0.136 e. The van der Waals surface area contributed by atoms with E-state index in [4.69, 9.17) is 16.3 Å². The lowest BCUT2D eigenvalue weighted by molar-refractivity contribution is 0.306. The highest BCUT2D eigenvalue weighted by atomic mass is 35.5. The van der Waals surface area contributed by atoms with Crippen molar-refractivity contribution in [3.05, 3.63) is 24.6 Å². The van der Waals surface area contributed by atoms with E-state index in [2.05, 4.69) is 11.6 Å². The van der Waals surface area contributed by atoms with Gasteiger partial charge in [-0.15, -0.1) is 0 Å². The van der Waals surface area contributed by atoms with Crippen molar-refractivity contribution in [1.29, 1.82) is 0 Å². The van der Waals surface area contributed by atoms with Crippen molar-refractivity contribution in [1.82, 2.24) is 0 Å². The molecule has 0 fully saturated rings. The summed E-state index contributed by atoms with van der Waals surface area (Å²) >= 11 is 5.75. The van der Waals surface area contributed by atoms with Crippen LogP contribution in [0.25, 0.3) is 0 Å². The molecule has 0 aromatic carbocycles. The molecular weight excluding hydrogens is 174 g/mol. The lowest BCUT2D eigenvalue weighted by Crippen LogP contribution is -1.85. The van der Waals surface area contributed by atoms with Gasteiger partial charge in [-0.1, -0.05) is 25.1 Å². The van der Waals surface area contributed by atoms with Gasteiger partial charge in [-0.05, 0) is 12.5 Å². The molecule has 2 nitrogen and oxygen atoms in total. The predicted molar refractivity (Wildman–Crippen MR) is 53.5 cm³/mol. The highest BCUT2D eigenvalue weighted by Crippen LogP contribution is 2.01. The third-order valence-electron chi connectivity index (χ3n) is 1.23.